The van der Waals surface area contributed by atoms with E-state index >= 15 is 0 Å². The fourth-order valence-corrected chi connectivity index (χ4v) is 1.37. The lowest BCUT2D eigenvalue weighted by Gasteiger charge is -2.14. The molecule has 0 aromatic heterocycles. The van der Waals surface area contributed by atoms with Gasteiger partial charge in [0.2, 0.25) is 5.91 Å². The van der Waals surface area contributed by atoms with Gasteiger partial charge in [-0.15, -0.1) is 0 Å². The summed E-state index contributed by atoms with van der Waals surface area (Å²) in [5.41, 5.74) is 0. The second-order valence-electron chi connectivity index (χ2n) is 3.48. The molecular formula is C9H17NO5. The van der Waals surface area contributed by atoms with E-state index in [9.17, 15) is 15.0 Å². The van der Waals surface area contributed by atoms with E-state index in [2.05, 4.69) is 0 Å². The lowest BCUT2D eigenvalue weighted by Crippen LogP contribution is -2.33. The molecule has 88 valence electrons. The van der Waals surface area contributed by atoms with Crippen LogP contribution in [0.4, 0.5) is 0 Å². The lowest BCUT2D eigenvalue weighted by atomic mass is 10.3. The molecule has 2 N–H and O–H groups in total. The third kappa shape index (κ3) is 3.75. The highest BCUT2D eigenvalue weighted by Gasteiger charge is 2.32. The van der Waals surface area contributed by atoms with Gasteiger partial charge in [-0.05, 0) is 0 Å². The molecule has 0 saturated carbocycles. The zero-order valence-electron chi connectivity index (χ0n) is 8.76. The Morgan fingerprint density at radius 2 is 1.93 bits per heavy atom. The summed E-state index contributed by atoms with van der Waals surface area (Å²) in [7, 11) is 1.55. The van der Waals surface area contributed by atoms with Crippen LogP contribution in [0.3, 0.4) is 0 Å². The molecular weight excluding hydrogens is 202 g/mol. The van der Waals surface area contributed by atoms with Gasteiger partial charge in [0.05, 0.1) is 25.4 Å². The summed E-state index contributed by atoms with van der Waals surface area (Å²) in [5, 5.41) is 18.4. The van der Waals surface area contributed by atoms with Crippen LogP contribution in [0.1, 0.15) is 0 Å². The van der Waals surface area contributed by atoms with Gasteiger partial charge in [-0.2, -0.15) is 0 Å². The van der Waals surface area contributed by atoms with Crippen LogP contribution in [0.25, 0.3) is 0 Å². The summed E-state index contributed by atoms with van der Waals surface area (Å²) >= 11 is 0. The molecule has 6 nitrogen and oxygen atoms in total. The van der Waals surface area contributed by atoms with Gasteiger partial charge in [-0.1, -0.05) is 0 Å². The van der Waals surface area contributed by atoms with Gasteiger partial charge in [0, 0.05) is 20.2 Å². The number of amides is 1. The predicted molar refractivity (Wildman–Crippen MR) is 51.3 cm³/mol. The third-order valence-corrected chi connectivity index (χ3v) is 2.27. The Labute approximate surface area is 88.4 Å². The van der Waals surface area contributed by atoms with Crippen LogP contribution < -0.4 is 0 Å². The lowest BCUT2D eigenvalue weighted by molar-refractivity contribution is -0.136. The van der Waals surface area contributed by atoms with Gasteiger partial charge in [0.1, 0.15) is 6.61 Å². The molecule has 6 heteroatoms. The number of likely N-dealkylation sites (tertiary alicyclic amines) is 1. The van der Waals surface area contributed by atoms with Crippen LogP contribution in [0, 0.1) is 0 Å². The van der Waals surface area contributed by atoms with Crippen molar-refractivity contribution in [1.29, 1.82) is 0 Å². The molecule has 0 spiro atoms. The minimum absolute atomic E-state index is 0.0389. The largest absolute Gasteiger partial charge is 0.388 e. The number of hydrogen-bond donors (Lipinski definition) is 2. The molecule has 0 bridgehead atoms. The molecule has 1 aliphatic rings. The number of carbonyl (C=O) groups is 1. The van der Waals surface area contributed by atoms with Crippen LogP contribution >= 0.6 is 0 Å². The minimum atomic E-state index is -0.840. The Hall–Kier alpha value is -0.690. The van der Waals surface area contributed by atoms with Crippen molar-refractivity contribution in [3.05, 3.63) is 0 Å². The number of aliphatic hydroxyl groups is 2. The SMILES string of the molecule is COCCOCC(=O)N1C[C@@H](O)[C@@H](O)C1. The van der Waals surface area contributed by atoms with Gasteiger partial charge < -0.3 is 24.6 Å². The molecule has 1 heterocycles. The topological polar surface area (TPSA) is 79.2 Å². The zero-order chi connectivity index (χ0) is 11.3. The molecule has 1 amide bonds. The van der Waals surface area contributed by atoms with Crippen molar-refractivity contribution in [2.24, 2.45) is 0 Å². The maximum atomic E-state index is 11.4. The Morgan fingerprint density at radius 3 is 2.47 bits per heavy atom. The molecule has 0 aromatic rings. The number of ether oxygens (including phenoxy) is 2. The smallest absolute Gasteiger partial charge is 0.248 e. The first-order valence-electron chi connectivity index (χ1n) is 4.85. The van der Waals surface area contributed by atoms with E-state index in [0.717, 1.165) is 0 Å². The van der Waals surface area contributed by atoms with Crippen molar-refractivity contribution in [2.45, 2.75) is 12.2 Å². The second kappa shape index (κ2) is 6.02. The normalized spacial score (nSPS) is 25.9. The van der Waals surface area contributed by atoms with Crippen LogP contribution in [0.2, 0.25) is 0 Å². The summed E-state index contributed by atoms with van der Waals surface area (Å²) in [6.45, 7) is 1.11. The second-order valence-corrected chi connectivity index (χ2v) is 3.48. The van der Waals surface area contributed by atoms with Gasteiger partial charge in [-0.25, -0.2) is 0 Å². The summed E-state index contributed by atoms with van der Waals surface area (Å²) in [6.07, 6.45) is -1.68. The molecule has 0 aromatic carbocycles. The maximum absolute atomic E-state index is 11.4. The van der Waals surface area contributed by atoms with Crippen LogP contribution in [0.15, 0.2) is 0 Å². The quantitative estimate of drug-likeness (QED) is 0.534. The van der Waals surface area contributed by atoms with E-state index in [-0.39, 0.29) is 25.6 Å². The van der Waals surface area contributed by atoms with Crippen LogP contribution in [0.5, 0.6) is 0 Å². The molecule has 15 heavy (non-hydrogen) atoms. The molecule has 1 aliphatic heterocycles. The third-order valence-electron chi connectivity index (χ3n) is 2.27. The van der Waals surface area contributed by atoms with Crippen LogP contribution in [-0.4, -0.2) is 73.2 Å². The van der Waals surface area contributed by atoms with E-state index in [1.165, 1.54) is 4.90 Å². The highest BCUT2D eigenvalue weighted by atomic mass is 16.5. The Bertz CT molecular complexity index is 201. The summed E-state index contributed by atoms with van der Waals surface area (Å²) in [6, 6.07) is 0. The van der Waals surface area contributed by atoms with E-state index in [4.69, 9.17) is 9.47 Å². The zero-order valence-corrected chi connectivity index (χ0v) is 8.76. The minimum Gasteiger partial charge on any atom is -0.388 e. The van der Waals surface area contributed by atoms with Crippen molar-refractivity contribution in [1.82, 2.24) is 4.90 Å². The van der Waals surface area contributed by atoms with Gasteiger partial charge in [-0.3, -0.25) is 4.79 Å². The number of aliphatic hydroxyl groups excluding tert-OH is 2. The molecule has 0 unspecified atom stereocenters. The highest BCUT2D eigenvalue weighted by molar-refractivity contribution is 5.77. The van der Waals surface area contributed by atoms with Crippen molar-refractivity contribution >= 4 is 5.91 Å². The summed E-state index contributed by atoms with van der Waals surface area (Å²) in [4.78, 5) is 12.8. The van der Waals surface area contributed by atoms with Crippen molar-refractivity contribution in [2.75, 3.05) is 40.0 Å². The monoisotopic (exact) mass is 219 g/mol. The van der Waals surface area contributed by atoms with Crippen molar-refractivity contribution in [3.63, 3.8) is 0 Å². The highest BCUT2D eigenvalue weighted by Crippen LogP contribution is 2.09. The predicted octanol–water partition coefficient (Wildman–Crippen LogP) is -1.79. The number of hydrogen-bond acceptors (Lipinski definition) is 5. The van der Waals surface area contributed by atoms with E-state index in [1.54, 1.807) is 7.11 Å². The van der Waals surface area contributed by atoms with Crippen molar-refractivity contribution < 1.29 is 24.5 Å². The van der Waals surface area contributed by atoms with Crippen LogP contribution in [-0.2, 0) is 14.3 Å². The molecule has 1 saturated heterocycles. The number of β-amino-alcohol motifs (C(OH)–C–C–N with tert-alkyl or cyclic N) is 2. The molecule has 1 rings (SSSR count). The average Bonchev–Trinajstić information content (AvgIpc) is 2.54. The molecule has 2 atom stereocenters. The Kier molecular flexibility index (Phi) is 4.97. The fourth-order valence-electron chi connectivity index (χ4n) is 1.37. The number of rotatable bonds is 5. The summed E-state index contributed by atoms with van der Waals surface area (Å²) < 4.78 is 9.79. The summed E-state index contributed by atoms with van der Waals surface area (Å²) in [5.74, 6) is -0.221. The van der Waals surface area contributed by atoms with Gasteiger partial charge in [0.15, 0.2) is 0 Å². The number of methoxy groups -OCH3 is 1. The van der Waals surface area contributed by atoms with Gasteiger partial charge in [0.25, 0.3) is 0 Å². The molecule has 1 fully saturated rings. The maximum Gasteiger partial charge on any atom is 0.248 e. The average molecular weight is 219 g/mol. The van der Waals surface area contributed by atoms with E-state index in [0.29, 0.717) is 13.2 Å². The first kappa shape index (κ1) is 12.4. The van der Waals surface area contributed by atoms with Gasteiger partial charge >= 0.3 is 0 Å². The van der Waals surface area contributed by atoms with E-state index in [1.807, 2.05) is 0 Å². The van der Waals surface area contributed by atoms with Crippen molar-refractivity contribution in [3.8, 4) is 0 Å². The van der Waals surface area contributed by atoms with E-state index < -0.39 is 12.2 Å². The Balaban J connectivity index is 2.18. The first-order valence-corrected chi connectivity index (χ1v) is 4.85. The molecule has 0 radical (unpaired) electrons. The fraction of sp³-hybridized carbons (Fsp3) is 0.889. The number of carbonyl (C=O) groups excluding carboxylic acids is 1. The standard InChI is InChI=1S/C9H17NO5/c1-14-2-3-15-6-9(13)10-4-7(11)8(12)5-10/h7-8,11-12H,2-6H2,1H3/t7-,8+. The molecule has 0 aliphatic carbocycles. The number of nitrogens with zero attached hydrogens (tertiary/aromatic N) is 1. The first-order chi connectivity index (χ1) is 7.15. The Morgan fingerprint density at radius 1 is 1.33 bits per heavy atom.